The summed E-state index contributed by atoms with van der Waals surface area (Å²) in [5.74, 6) is 0. The molecular formula is C23H35ClN2O3. The molecule has 1 aliphatic heterocycles. The zero-order valence-electron chi connectivity index (χ0n) is 17.7. The molecule has 5 nitrogen and oxygen atoms in total. The highest BCUT2D eigenvalue weighted by Crippen LogP contribution is 2.30. The van der Waals surface area contributed by atoms with Crippen LogP contribution in [0.25, 0.3) is 0 Å². The van der Waals surface area contributed by atoms with Gasteiger partial charge in [-0.25, -0.2) is 4.79 Å². The largest absolute Gasteiger partial charge is 0.452 e. The van der Waals surface area contributed by atoms with E-state index >= 15 is 0 Å². The van der Waals surface area contributed by atoms with Crippen LogP contribution in [0.2, 0.25) is 5.02 Å². The van der Waals surface area contributed by atoms with Gasteiger partial charge in [0.25, 0.3) is 0 Å². The zero-order valence-corrected chi connectivity index (χ0v) is 18.4. The minimum atomic E-state index is -0.310. The number of carbonyl (C=O) groups is 1. The van der Waals surface area contributed by atoms with Crippen molar-refractivity contribution in [2.75, 3.05) is 38.3 Å². The Morgan fingerprint density at radius 2 is 1.76 bits per heavy atom. The van der Waals surface area contributed by atoms with Gasteiger partial charge in [0.15, 0.2) is 0 Å². The number of carbonyl (C=O) groups excluding carboxylic acids is 1. The van der Waals surface area contributed by atoms with Crippen LogP contribution >= 0.6 is 11.6 Å². The summed E-state index contributed by atoms with van der Waals surface area (Å²) < 4.78 is 11.2. The van der Waals surface area contributed by atoms with E-state index in [4.69, 9.17) is 21.1 Å². The fourth-order valence-electron chi connectivity index (χ4n) is 4.51. The minimum absolute atomic E-state index is 0.143. The molecule has 1 saturated carbocycles. The fourth-order valence-corrected chi connectivity index (χ4v) is 4.63. The van der Waals surface area contributed by atoms with Gasteiger partial charge in [-0.15, -0.1) is 0 Å². The maximum Gasteiger partial charge on any atom is 0.414 e. The lowest BCUT2D eigenvalue weighted by atomic mass is 9.91. The second kappa shape index (κ2) is 11.8. The number of ether oxygens (including phenoxy) is 2. The van der Waals surface area contributed by atoms with E-state index in [9.17, 15) is 4.79 Å². The summed E-state index contributed by atoms with van der Waals surface area (Å²) in [6, 6.07) is 7.52. The number of halogens is 1. The molecule has 1 heterocycles. The standard InChI is InChI=1S/C23H35ClN2O3/c1-28-23(27)26(20-9-7-19(24)8-10-20)21-11-13-22(14-12-21)29-18-6-2-3-15-25-16-4-5-17-25/h7-10,21-22H,2-6,11-18H2,1H3. The summed E-state index contributed by atoms with van der Waals surface area (Å²) in [5.41, 5.74) is 0.837. The molecule has 0 aromatic heterocycles. The van der Waals surface area contributed by atoms with Gasteiger partial charge in [-0.05, 0) is 102 Å². The Hall–Kier alpha value is -1.30. The average molecular weight is 423 g/mol. The van der Waals surface area contributed by atoms with Gasteiger partial charge in [0, 0.05) is 23.4 Å². The van der Waals surface area contributed by atoms with Crippen LogP contribution in [0, 0.1) is 0 Å². The Bertz CT molecular complexity index is 611. The average Bonchev–Trinajstić information content (AvgIpc) is 3.26. The van der Waals surface area contributed by atoms with Crippen LogP contribution < -0.4 is 4.90 Å². The highest BCUT2D eigenvalue weighted by atomic mass is 35.5. The molecule has 0 bridgehead atoms. The van der Waals surface area contributed by atoms with Gasteiger partial charge in [0.1, 0.15) is 0 Å². The number of likely N-dealkylation sites (tertiary alicyclic amines) is 1. The summed E-state index contributed by atoms with van der Waals surface area (Å²) in [6.45, 7) is 4.68. The molecule has 1 aromatic carbocycles. The molecule has 0 unspecified atom stereocenters. The number of rotatable bonds is 9. The number of amides is 1. The van der Waals surface area contributed by atoms with E-state index < -0.39 is 0 Å². The number of nitrogens with zero attached hydrogens (tertiary/aromatic N) is 2. The van der Waals surface area contributed by atoms with Crippen LogP contribution in [0.4, 0.5) is 10.5 Å². The van der Waals surface area contributed by atoms with Gasteiger partial charge < -0.3 is 14.4 Å². The molecule has 1 saturated heterocycles. The molecule has 1 aliphatic carbocycles. The highest BCUT2D eigenvalue weighted by molar-refractivity contribution is 6.30. The van der Waals surface area contributed by atoms with Crippen molar-refractivity contribution in [2.24, 2.45) is 0 Å². The van der Waals surface area contributed by atoms with E-state index in [-0.39, 0.29) is 12.1 Å². The molecular weight excluding hydrogens is 388 g/mol. The van der Waals surface area contributed by atoms with Gasteiger partial charge in [-0.1, -0.05) is 11.6 Å². The third-order valence-corrected chi connectivity index (χ3v) is 6.41. The van der Waals surface area contributed by atoms with E-state index in [1.807, 2.05) is 24.3 Å². The number of unbranched alkanes of at least 4 members (excludes halogenated alkanes) is 2. The first-order valence-corrected chi connectivity index (χ1v) is 11.5. The van der Waals surface area contributed by atoms with Crippen LogP contribution in [0.5, 0.6) is 0 Å². The monoisotopic (exact) mass is 422 g/mol. The number of hydrogen-bond donors (Lipinski definition) is 0. The third kappa shape index (κ3) is 6.87. The normalized spacial score (nSPS) is 22.6. The third-order valence-electron chi connectivity index (χ3n) is 6.16. The lowest BCUT2D eigenvalue weighted by molar-refractivity contribution is 0.0223. The smallest absolute Gasteiger partial charge is 0.414 e. The Labute approximate surface area is 180 Å². The Morgan fingerprint density at radius 1 is 1.07 bits per heavy atom. The van der Waals surface area contributed by atoms with E-state index in [0.717, 1.165) is 44.4 Å². The molecule has 0 N–H and O–H groups in total. The molecule has 1 aromatic rings. The van der Waals surface area contributed by atoms with E-state index in [0.29, 0.717) is 11.1 Å². The van der Waals surface area contributed by atoms with Crippen molar-refractivity contribution in [2.45, 2.75) is 69.9 Å². The van der Waals surface area contributed by atoms with Crippen LogP contribution in [-0.2, 0) is 9.47 Å². The van der Waals surface area contributed by atoms with Gasteiger partial charge in [-0.3, -0.25) is 4.90 Å². The van der Waals surface area contributed by atoms with Crippen molar-refractivity contribution in [1.29, 1.82) is 0 Å². The van der Waals surface area contributed by atoms with Crippen LogP contribution in [0.3, 0.4) is 0 Å². The Balaban J connectivity index is 1.36. The molecule has 6 heteroatoms. The lowest BCUT2D eigenvalue weighted by Crippen LogP contribution is -2.43. The first-order chi connectivity index (χ1) is 14.2. The molecule has 0 atom stereocenters. The molecule has 0 spiro atoms. The van der Waals surface area contributed by atoms with E-state index in [1.165, 1.54) is 52.4 Å². The number of benzene rings is 1. The van der Waals surface area contributed by atoms with E-state index in [2.05, 4.69) is 4.90 Å². The van der Waals surface area contributed by atoms with Crippen LogP contribution in [0.15, 0.2) is 24.3 Å². The first-order valence-electron chi connectivity index (χ1n) is 11.1. The highest BCUT2D eigenvalue weighted by Gasteiger charge is 2.30. The van der Waals surface area contributed by atoms with Crippen molar-refractivity contribution < 1.29 is 14.3 Å². The maximum absolute atomic E-state index is 12.4. The van der Waals surface area contributed by atoms with Crippen molar-refractivity contribution >= 4 is 23.4 Å². The number of hydrogen-bond acceptors (Lipinski definition) is 4. The zero-order chi connectivity index (χ0) is 20.5. The van der Waals surface area contributed by atoms with Gasteiger partial charge in [-0.2, -0.15) is 0 Å². The summed E-state index contributed by atoms with van der Waals surface area (Å²) in [6.07, 6.45) is 10.3. The fraction of sp³-hybridized carbons (Fsp3) is 0.696. The molecule has 162 valence electrons. The topological polar surface area (TPSA) is 42.0 Å². The second-order valence-electron chi connectivity index (χ2n) is 8.23. The van der Waals surface area contributed by atoms with Crippen LogP contribution in [0.1, 0.15) is 57.8 Å². The molecule has 3 rings (SSSR count). The number of anilines is 1. The Morgan fingerprint density at radius 3 is 2.41 bits per heavy atom. The number of methoxy groups -OCH3 is 1. The summed E-state index contributed by atoms with van der Waals surface area (Å²) in [5, 5.41) is 0.663. The predicted molar refractivity (Wildman–Crippen MR) is 118 cm³/mol. The van der Waals surface area contributed by atoms with Crippen molar-refractivity contribution in [3.63, 3.8) is 0 Å². The summed E-state index contributed by atoms with van der Waals surface area (Å²) >= 11 is 5.99. The minimum Gasteiger partial charge on any atom is -0.452 e. The quantitative estimate of drug-likeness (QED) is 0.492. The molecule has 2 fully saturated rings. The lowest BCUT2D eigenvalue weighted by Gasteiger charge is -2.36. The molecule has 1 amide bonds. The second-order valence-corrected chi connectivity index (χ2v) is 8.66. The molecule has 0 radical (unpaired) electrons. The summed E-state index contributed by atoms with van der Waals surface area (Å²) in [7, 11) is 1.43. The first kappa shape index (κ1) is 22.4. The van der Waals surface area contributed by atoms with Crippen molar-refractivity contribution in [1.82, 2.24) is 4.90 Å². The van der Waals surface area contributed by atoms with Gasteiger partial charge >= 0.3 is 6.09 Å². The molecule has 29 heavy (non-hydrogen) atoms. The van der Waals surface area contributed by atoms with Gasteiger partial charge in [0.05, 0.1) is 13.2 Å². The van der Waals surface area contributed by atoms with Crippen molar-refractivity contribution in [3.8, 4) is 0 Å². The van der Waals surface area contributed by atoms with E-state index in [1.54, 1.807) is 4.90 Å². The predicted octanol–water partition coefficient (Wildman–Crippen LogP) is 5.51. The van der Waals surface area contributed by atoms with Crippen molar-refractivity contribution in [3.05, 3.63) is 29.3 Å². The van der Waals surface area contributed by atoms with Gasteiger partial charge in [0.2, 0.25) is 0 Å². The Kier molecular flexibility index (Phi) is 9.09. The van der Waals surface area contributed by atoms with Crippen LogP contribution in [-0.4, -0.2) is 56.5 Å². The SMILES string of the molecule is COC(=O)N(c1ccc(Cl)cc1)C1CCC(OCCCCCN2CCCC2)CC1. The molecule has 2 aliphatic rings. The summed E-state index contributed by atoms with van der Waals surface area (Å²) in [4.78, 5) is 16.7. The maximum atomic E-state index is 12.4.